The summed E-state index contributed by atoms with van der Waals surface area (Å²) in [5.74, 6) is 1.74. The molecule has 0 aliphatic heterocycles. The predicted octanol–water partition coefficient (Wildman–Crippen LogP) is 2.46. The summed E-state index contributed by atoms with van der Waals surface area (Å²) in [6.07, 6.45) is 6.26. The van der Waals surface area contributed by atoms with Crippen LogP contribution in [-0.2, 0) is 7.05 Å². The zero-order chi connectivity index (χ0) is 25.7. The van der Waals surface area contributed by atoms with Crippen molar-refractivity contribution in [3.8, 4) is 22.8 Å². The fourth-order valence-corrected chi connectivity index (χ4v) is 3.61. The number of amidine groups is 1. The van der Waals surface area contributed by atoms with E-state index in [-0.39, 0.29) is 25.5 Å². The van der Waals surface area contributed by atoms with Gasteiger partial charge in [-0.2, -0.15) is 5.10 Å². The molecule has 0 radical (unpaired) electrons. The van der Waals surface area contributed by atoms with Crippen molar-refractivity contribution < 1.29 is 14.6 Å². The Morgan fingerprint density at radius 1 is 1.11 bits per heavy atom. The van der Waals surface area contributed by atoms with Gasteiger partial charge in [-0.3, -0.25) is 20.5 Å². The van der Waals surface area contributed by atoms with Crippen molar-refractivity contribution in [3.05, 3.63) is 48.9 Å². The number of aliphatic hydroxyl groups is 1. The largest absolute Gasteiger partial charge is 0.497 e. The fraction of sp³-hybridized carbons (Fsp3) is 0.250. The number of aryl methyl sites for hydroxylation is 1. The molecule has 12 heteroatoms. The molecule has 3 heterocycles. The molecule has 0 aliphatic rings. The second-order valence-electron chi connectivity index (χ2n) is 7.82. The Morgan fingerprint density at radius 2 is 1.86 bits per heavy atom. The highest BCUT2D eigenvalue weighted by Crippen LogP contribution is 2.33. The van der Waals surface area contributed by atoms with E-state index in [4.69, 9.17) is 25.3 Å². The third-order valence-corrected chi connectivity index (χ3v) is 5.47. The van der Waals surface area contributed by atoms with Crippen LogP contribution in [0.5, 0.6) is 11.5 Å². The number of nitrogens with zero attached hydrogens (tertiary/aromatic N) is 7. The van der Waals surface area contributed by atoms with E-state index in [0.29, 0.717) is 39.9 Å². The van der Waals surface area contributed by atoms with Gasteiger partial charge in [0.25, 0.3) is 0 Å². The smallest absolute Gasteiger partial charge is 0.180 e. The lowest BCUT2D eigenvalue weighted by molar-refractivity contribution is 0.278. The zero-order valence-electron chi connectivity index (χ0n) is 20.2. The van der Waals surface area contributed by atoms with Crippen LogP contribution >= 0.6 is 0 Å². The first-order valence-corrected chi connectivity index (χ1v) is 11.0. The average Bonchev–Trinajstić information content (AvgIpc) is 3.35. The normalized spacial score (nSPS) is 10.8. The molecule has 3 N–H and O–H groups in total. The lowest BCUT2D eigenvalue weighted by Gasteiger charge is -2.28. The minimum Gasteiger partial charge on any atom is -0.497 e. The highest BCUT2D eigenvalue weighted by Gasteiger charge is 2.19. The molecule has 4 rings (SSSR count). The SMILES string of the molecule is COc1cc(OC)cc(N(CC(=N)N(C=N)CCO)c2ccc3ncc(-c4cnn(C)c4)nc3n2)c1. The number of anilines is 2. The van der Waals surface area contributed by atoms with Crippen LogP contribution in [0.4, 0.5) is 11.5 Å². The molecule has 3 aromatic heterocycles. The molecule has 0 amide bonds. The third-order valence-electron chi connectivity index (χ3n) is 5.47. The number of fused-ring (bicyclic) bond motifs is 1. The first kappa shape index (κ1) is 24.5. The van der Waals surface area contributed by atoms with Crippen LogP contribution in [0, 0.1) is 10.8 Å². The summed E-state index contributed by atoms with van der Waals surface area (Å²) in [6, 6.07) is 8.97. The van der Waals surface area contributed by atoms with Crippen molar-refractivity contribution in [2.24, 2.45) is 7.05 Å². The molecule has 0 saturated carbocycles. The number of hydrogen-bond acceptors (Lipinski definition) is 10. The minimum atomic E-state index is -0.189. The lowest BCUT2D eigenvalue weighted by Crippen LogP contribution is -2.39. The van der Waals surface area contributed by atoms with E-state index in [1.165, 1.54) is 4.90 Å². The summed E-state index contributed by atoms with van der Waals surface area (Å²) >= 11 is 0. The molecule has 36 heavy (non-hydrogen) atoms. The molecule has 0 unspecified atom stereocenters. The molecular formula is C24H27N9O3. The van der Waals surface area contributed by atoms with E-state index in [1.807, 2.05) is 19.3 Å². The van der Waals surface area contributed by atoms with Crippen molar-refractivity contribution in [1.82, 2.24) is 29.6 Å². The quantitative estimate of drug-likeness (QED) is 0.225. The van der Waals surface area contributed by atoms with E-state index < -0.39 is 0 Å². The molecule has 4 aromatic rings. The van der Waals surface area contributed by atoms with Crippen LogP contribution < -0.4 is 14.4 Å². The van der Waals surface area contributed by atoms with E-state index in [0.717, 1.165) is 11.9 Å². The molecule has 0 spiro atoms. The summed E-state index contributed by atoms with van der Waals surface area (Å²) in [7, 11) is 4.96. The number of benzene rings is 1. The van der Waals surface area contributed by atoms with Gasteiger partial charge in [0, 0.05) is 43.6 Å². The van der Waals surface area contributed by atoms with E-state index >= 15 is 0 Å². The van der Waals surface area contributed by atoms with Gasteiger partial charge in [-0.05, 0) is 12.1 Å². The van der Waals surface area contributed by atoms with Crippen LogP contribution in [-0.4, -0.2) is 80.8 Å². The maximum Gasteiger partial charge on any atom is 0.180 e. The van der Waals surface area contributed by atoms with E-state index in [2.05, 4.69) is 15.1 Å². The van der Waals surface area contributed by atoms with Crippen LogP contribution in [0.3, 0.4) is 0 Å². The van der Waals surface area contributed by atoms with Crippen LogP contribution in [0.2, 0.25) is 0 Å². The zero-order valence-corrected chi connectivity index (χ0v) is 20.2. The highest BCUT2D eigenvalue weighted by molar-refractivity contribution is 5.94. The first-order valence-electron chi connectivity index (χ1n) is 11.0. The number of aliphatic hydroxyl groups excluding tert-OH is 1. The molecule has 0 saturated heterocycles. The Hall–Kier alpha value is -4.58. The van der Waals surface area contributed by atoms with Crippen molar-refractivity contribution in [3.63, 3.8) is 0 Å². The van der Waals surface area contributed by atoms with Gasteiger partial charge in [-0.25, -0.2) is 9.97 Å². The third kappa shape index (κ3) is 5.23. The van der Waals surface area contributed by atoms with Gasteiger partial charge < -0.3 is 24.4 Å². The number of rotatable bonds is 10. The van der Waals surface area contributed by atoms with Gasteiger partial charge in [0.15, 0.2) is 5.65 Å². The summed E-state index contributed by atoms with van der Waals surface area (Å²) < 4.78 is 12.6. The van der Waals surface area contributed by atoms with E-state index in [1.54, 1.807) is 60.5 Å². The highest BCUT2D eigenvalue weighted by atomic mass is 16.5. The number of ether oxygens (including phenoxy) is 2. The van der Waals surface area contributed by atoms with Gasteiger partial charge in [0.2, 0.25) is 0 Å². The fourth-order valence-electron chi connectivity index (χ4n) is 3.61. The Kier molecular flexibility index (Phi) is 7.35. The van der Waals surface area contributed by atoms with Crippen LogP contribution in [0.15, 0.2) is 48.9 Å². The van der Waals surface area contributed by atoms with Crippen molar-refractivity contribution >= 4 is 34.8 Å². The monoisotopic (exact) mass is 489 g/mol. The average molecular weight is 490 g/mol. The first-order chi connectivity index (χ1) is 17.4. The second kappa shape index (κ2) is 10.8. The van der Waals surface area contributed by atoms with Crippen LogP contribution in [0.1, 0.15) is 0 Å². The summed E-state index contributed by atoms with van der Waals surface area (Å²) in [4.78, 5) is 17.1. The number of methoxy groups -OCH3 is 2. The maximum absolute atomic E-state index is 9.34. The summed E-state index contributed by atoms with van der Waals surface area (Å²) in [5, 5.41) is 29.8. The number of pyridine rings is 1. The van der Waals surface area contributed by atoms with Crippen molar-refractivity contribution in [1.29, 1.82) is 10.8 Å². The molecule has 1 aromatic carbocycles. The second-order valence-corrected chi connectivity index (χ2v) is 7.82. The van der Waals surface area contributed by atoms with Crippen molar-refractivity contribution in [2.75, 3.05) is 38.8 Å². The van der Waals surface area contributed by atoms with Crippen LogP contribution in [0.25, 0.3) is 22.4 Å². The van der Waals surface area contributed by atoms with Gasteiger partial charge >= 0.3 is 0 Å². The lowest BCUT2D eigenvalue weighted by atomic mass is 10.2. The van der Waals surface area contributed by atoms with Gasteiger partial charge in [-0.1, -0.05) is 0 Å². The Labute approximate surface area is 207 Å². The summed E-state index contributed by atoms with van der Waals surface area (Å²) in [5.41, 5.74) is 3.17. The molecule has 12 nitrogen and oxygen atoms in total. The number of aromatic nitrogens is 5. The van der Waals surface area contributed by atoms with Gasteiger partial charge in [0.05, 0.1) is 57.5 Å². The predicted molar refractivity (Wildman–Crippen MR) is 136 cm³/mol. The molecular weight excluding hydrogens is 462 g/mol. The standard InChI is InChI=1S/C24H27N9O3/c1-31-13-16(11-28-31)21-12-27-20-4-5-23(30-24(20)29-21)33(14-22(26)32(15-25)6-7-34)17-8-18(35-2)10-19(9-17)36-3/h4-5,8-13,15,25-26,34H,6-7,14H2,1-3H3. The minimum absolute atomic E-state index is 0.0555. The van der Waals surface area contributed by atoms with Crippen molar-refractivity contribution in [2.45, 2.75) is 0 Å². The van der Waals surface area contributed by atoms with Gasteiger partial charge in [0.1, 0.15) is 28.7 Å². The molecule has 0 bridgehead atoms. The molecule has 186 valence electrons. The Bertz CT molecular complexity index is 1370. The Balaban J connectivity index is 1.80. The number of hydrogen-bond donors (Lipinski definition) is 3. The molecule has 0 aliphatic carbocycles. The molecule has 0 fully saturated rings. The number of nitrogens with one attached hydrogen (secondary N) is 2. The van der Waals surface area contributed by atoms with Gasteiger partial charge in [-0.15, -0.1) is 0 Å². The summed E-state index contributed by atoms with van der Waals surface area (Å²) in [6.45, 7) is -0.00564. The maximum atomic E-state index is 9.34. The Morgan fingerprint density at radius 3 is 2.47 bits per heavy atom. The topological polar surface area (TPSA) is 149 Å². The van der Waals surface area contributed by atoms with E-state index in [9.17, 15) is 5.11 Å². The molecule has 0 atom stereocenters.